The summed E-state index contributed by atoms with van der Waals surface area (Å²) in [7, 11) is 1.40. The molecular formula is C12H9FN2O2. The lowest BCUT2D eigenvalue weighted by molar-refractivity contribution is 0.111. The molecule has 5 heteroatoms. The van der Waals surface area contributed by atoms with Crippen LogP contribution in [0.4, 0.5) is 4.39 Å². The minimum absolute atomic E-state index is 0.172. The summed E-state index contributed by atoms with van der Waals surface area (Å²) in [4.78, 5) is 10.4. The molecule has 0 bridgehead atoms. The zero-order valence-electron chi connectivity index (χ0n) is 9.05. The molecule has 0 aliphatic carbocycles. The van der Waals surface area contributed by atoms with Crippen LogP contribution in [0.3, 0.4) is 0 Å². The monoisotopic (exact) mass is 232 g/mol. The van der Waals surface area contributed by atoms with Gasteiger partial charge < -0.3 is 4.74 Å². The van der Waals surface area contributed by atoms with E-state index in [1.807, 2.05) is 0 Å². The van der Waals surface area contributed by atoms with Gasteiger partial charge in [-0.1, -0.05) is 0 Å². The van der Waals surface area contributed by atoms with Crippen LogP contribution < -0.4 is 4.74 Å². The average Bonchev–Trinajstić information content (AvgIpc) is 2.39. The standard InChI is InChI=1S/C12H9FN2O2/c1-17-12-5-2-8(6-10(12)13)11-4-3-9(7-16)14-15-11/h2-7H,1H3. The quantitative estimate of drug-likeness (QED) is 0.760. The molecule has 0 saturated carbocycles. The zero-order chi connectivity index (χ0) is 12.3. The van der Waals surface area contributed by atoms with E-state index in [1.54, 1.807) is 12.1 Å². The number of aldehydes is 1. The van der Waals surface area contributed by atoms with Crippen molar-refractivity contribution in [3.05, 3.63) is 41.8 Å². The van der Waals surface area contributed by atoms with Gasteiger partial charge in [0.25, 0.3) is 0 Å². The predicted octanol–water partition coefficient (Wildman–Crippen LogP) is 2.10. The molecule has 2 aromatic rings. The van der Waals surface area contributed by atoms with Crippen LogP contribution in [-0.4, -0.2) is 23.6 Å². The van der Waals surface area contributed by atoms with Crippen molar-refractivity contribution in [2.24, 2.45) is 0 Å². The maximum atomic E-state index is 13.5. The number of ether oxygens (including phenoxy) is 1. The maximum Gasteiger partial charge on any atom is 0.170 e. The van der Waals surface area contributed by atoms with Crippen molar-refractivity contribution in [2.75, 3.05) is 7.11 Å². The number of nitrogens with zero attached hydrogens (tertiary/aromatic N) is 2. The maximum absolute atomic E-state index is 13.5. The van der Waals surface area contributed by atoms with Crippen molar-refractivity contribution in [3.63, 3.8) is 0 Å². The van der Waals surface area contributed by atoms with E-state index in [4.69, 9.17) is 4.74 Å². The summed E-state index contributed by atoms with van der Waals surface area (Å²) < 4.78 is 18.3. The van der Waals surface area contributed by atoms with E-state index in [2.05, 4.69) is 10.2 Å². The molecule has 1 heterocycles. The van der Waals surface area contributed by atoms with E-state index in [0.717, 1.165) is 0 Å². The van der Waals surface area contributed by atoms with Crippen LogP contribution in [0.1, 0.15) is 10.5 Å². The third kappa shape index (κ3) is 2.28. The number of hydrogen-bond acceptors (Lipinski definition) is 4. The highest BCUT2D eigenvalue weighted by molar-refractivity contribution is 5.72. The molecule has 0 unspecified atom stereocenters. The van der Waals surface area contributed by atoms with E-state index in [0.29, 0.717) is 17.5 Å². The number of hydrogen-bond donors (Lipinski definition) is 0. The molecular weight excluding hydrogens is 223 g/mol. The van der Waals surface area contributed by atoms with E-state index < -0.39 is 5.82 Å². The Hall–Kier alpha value is -2.30. The molecule has 4 nitrogen and oxygen atoms in total. The van der Waals surface area contributed by atoms with Crippen LogP contribution in [0, 0.1) is 5.82 Å². The van der Waals surface area contributed by atoms with Gasteiger partial charge in [0.15, 0.2) is 17.9 Å². The third-order valence-electron chi connectivity index (χ3n) is 2.25. The minimum Gasteiger partial charge on any atom is -0.494 e. The Bertz CT molecular complexity index is 541. The van der Waals surface area contributed by atoms with Gasteiger partial charge >= 0.3 is 0 Å². The predicted molar refractivity (Wildman–Crippen MR) is 59.4 cm³/mol. The van der Waals surface area contributed by atoms with E-state index in [1.165, 1.54) is 25.3 Å². The van der Waals surface area contributed by atoms with Crippen LogP contribution in [0.5, 0.6) is 5.75 Å². The molecule has 0 spiro atoms. The first-order valence-corrected chi connectivity index (χ1v) is 4.87. The molecule has 1 aromatic carbocycles. The Morgan fingerprint density at radius 2 is 2.06 bits per heavy atom. The molecule has 0 saturated heterocycles. The second-order valence-electron chi connectivity index (χ2n) is 3.31. The van der Waals surface area contributed by atoms with Gasteiger partial charge in [-0.25, -0.2) is 4.39 Å². The summed E-state index contributed by atoms with van der Waals surface area (Å²) in [5.74, 6) is -0.294. The smallest absolute Gasteiger partial charge is 0.170 e. The number of aromatic nitrogens is 2. The summed E-state index contributed by atoms with van der Waals surface area (Å²) in [6.07, 6.45) is 0.603. The largest absolute Gasteiger partial charge is 0.494 e. The summed E-state index contributed by atoms with van der Waals surface area (Å²) in [6, 6.07) is 7.63. The van der Waals surface area contributed by atoms with Gasteiger partial charge in [-0.15, -0.1) is 10.2 Å². The van der Waals surface area contributed by atoms with Crippen LogP contribution in [-0.2, 0) is 0 Å². The van der Waals surface area contributed by atoms with E-state index >= 15 is 0 Å². The van der Waals surface area contributed by atoms with Crippen molar-refractivity contribution in [2.45, 2.75) is 0 Å². The Kier molecular flexibility index (Phi) is 3.09. The summed E-state index contributed by atoms with van der Waals surface area (Å²) >= 11 is 0. The molecule has 0 N–H and O–H groups in total. The van der Waals surface area contributed by atoms with Crippen molar-refractivity contribution >= 4 is 6.29 Å². The summed E-state index contributed by atoms with van der Waals surface area (Å²) in [5.41, 5.74) is 1.31. The third-order valence-corrected chi connectivity index (χ3v) is 2.25. The molecule has 0 atom stereocenters. The Morgan fingerprint density at radius 3 is 2.59 bits per heavy atom. The van der Waals surface area contributed by atoms with Crippen LogP contribution in [0.25, 0.3) is 11.3 Å². The fourth-order valence-corrected chi connectivity index (χ4v) is 1.39. The van der Waals surface area contributed by atoms with Crippen molar-refractivity contribution in [1.29, 1.82) is 0 Å². The van der Waals surface area contributed by atoms with E-state index in [-0.39, 0.29) is 11.4 Å². The van der Waals surface area contributed by atoms with Crippen LogP contribution in [0.2, 0.25) is 0 Å². The SMILES string of the molecule is COc1ccc(-c2ccc(C=O)nn2)cc1F. The number of benzene rings is 1. The molecule has 0 radical (unpaired) electrons. The van der Waals surface area contributed by atoms with Crippen LogP contribution >= 0.6 is 0 Å². The zero-order valence-corrected chi connectivity index (χ0v) is 9.05. The first-order valence-electron chi connectivity index (χ1n) is 4.87. The van der Waals surface area contributed by atoms with E-state index in [9.17, 15) is 9.18 Å². The number of carbonyl (C=O) groups excluding carboxylic acids is 1. The fraction of sp³-hybridized carbons (Fsp3) is 0.0833. The lowest BCUT2D eigenvalue weighted by atomic mass is 10.1. The molecule has 0 amide bonds. The van der Waals surface area contributed by atoms with Crippen molar-refractivity contribution < 1.29 is 13.9 Å². The highest BCUT2D eigenvalue weighted by Gasteiger charge is 2.06. The van der Waals surface area contributed by atoms with Gasteiger partial charge in [0, 0.05) is 5.56 Å². The number of halogens is 1. The Balaban J connectivity index is 2.38. The normalized spacial score (nSPS) is 10.0. The molecule has 2 rings (SSSR count). The highest BCUT2D eigenvalue weighted by atomic mass is 19.1. The van der Waals surface area contributed by atoms with Gasteiger partial charge in [-0.05, 0) is 30.3 Å². The second-order valence-corrected chi connectivity index (χ2v) is 3.31. The van der Waals surface area contributed by atoms with Crippen LogP contribution in [0.15, 0.2) is 30.3 Å². The lowest BCUT2D eigenvalue weighted by Crippen LogP contribution is -1.94. The molecule has 86 valence electrons. The first-order chi connectivity index (χ1) is 8.24. The molecule has 17 heavy (non-hydrogen) atoms. The highest BCUT2D eigenvalue weighted by Crippen LogP contribution is 2.23. The minimum atomic E-state index is -0.466. The number of methoxy groups -OCH3 is 1. The molecule has 0 fully saturated rings. The second kappa shape index (κ2) is 4.69. The van der Waals surface area contributed by atoms with Gasteiger partial charge in [0.1, 0.15) is 5.69 Å². The molecule has 0 aliphatic heterocycles. The fourth-order valence-electron chi connectivity index (χ4n) is 1.39. The number of carbonyl (C=O) groups is 1. The van der Waals surface area contributed by atoms with Gasteiger partial charge in [0.2, 0.25) is 0 Å². The Morgan fingerprint density at radius 1 is 1.24 bits per heavy atom. The number of rotatable bonds is 3. The lowest BCUT2D eigenvalue weighted by Gasteiger charge is -2.04. The van der Waals surface area contributed by atoms with Crippen molar-refractivity contribution in [1.82, 2.24) is 10.2 Å². The Labute approximate surface area is 97.1 Å². The van der Waals surface area contributed by atoms with Gasteiger partial charge in [0.05, 0.1) is 12.8 Å². The summed E-state index contributed by atoms with van der Waals surface area (Å²) in [5, 5.41) is 7.50. The van der Waals surface area contributed by atoms with Crippen molar-refractivity contribution in [3.8, 4) is 17.0 Å². The molecule has 0 aliphatic rings. The van der Waals surface area contributed by atoms with Gasteiger partial charge in [-0.2, -0.15) is 0 Å². The average molecular weight is 232 g/mol. The van der Waals surface area contributed by atoms with Gasteiger partial charge in [-0.3, -0.25) is 4.79 Å². The molecule has 1 aromatic heterocycles. The topological polar surface area (TPSA) is 52.1 Å². The summed E-state index contributed by atoms with van der Waals surface area (Å²) in [6.45, 7) is 0. The first kappa shape index (κ1) is 11.2.